The summed E-state index contributed by atoms with van der Waals surface area (Å²) in [5, 5.41) is 23.4. The lowest BCUT2D eigenvalue weighted by atomic mass is 10.0. The van der Waals surface area contributed by atoms with Gasteiger partial charge in [-0.05, 0) is 54.2 Å². The molecule has 1 aliphatic carbocycles. The molecule has 2 aromatic carbocycles. The smallest absolute Gasteiger partial charge is 0.273 e. The average molecular weight is 526 g/mol. The molecule has 1 fully saturated rings. The third-order valence-electron chi connectivity index (χ3n) is 6.21. The number of phenols is 2. The zero-order chi connectivity index (χ0) is 26.7. The maximum Gasteiger partial charge on any atom is 0.273 e. The van der Waals surface area contributed by atoms with Crippen LogP contribution in [0.25, 0.3) is 0 Å². The average Bonchev–Trinajstić information content (AvgIpc) is 3.52. The largest absolute Gasteiger partial charge is 0.508 e. The van der Waals surface area contributed by atoms with Crippen LogP contribution in [-0.4, -0.2) is 45.5 Å². The van der Waals surface area contributed by atoms with E-state index >= 15 is 0 Å². The van der Waals surface area contributed by atoms with Gasteiger partial charge in [-0.25, -0.2) is 0 Å². The predicted octanol–water partition coefficient (Wildman–Crippen LogP) is 2.69. The molecule has 4 rings (SSSR count). The van der Waals surface area contributed by atoms with Gasteiger partial charge in [0, 0.05) is 17.8 Å². The fourth-order valence-corrected chi connectivity index (χ4v) is 5.14. The van der Waals surface area contributed by atoms with Crippen molar-refractivity contribution in [1.82, 2.24) is 9.69 Å². The van der Waals surface area contributed by atoms with Gasteiger partial charge in [0.15, 0.2) is 17.2 Å². The van der Waals surface area contributed by atoms with Gasteiger partial charge < -0.3 is 31.7 Å². The Balaban J connectivity index is 1.89. The lowest BCUT2D eigenvalue weighted by Gasteiger charge is -2.32. The lowest BCUT2D eigenvalue weighted by Crippen LogP contribution is -2.46. The van der Waals surface area contributed by atoms with E-state index in [-0.39, 0.29) is 45.2 Å². The highest BCUT2D eigenvalue weighted by molar-refractivity contribution is 7.09. The third-order valence-corrected chi connectivity index (χ3v) is 7.06. The van der Waals surface area contributed by atoms with Crippen LogP contribution in [0.2, 0.25) is 0 Å². The first-order chi connectivity index (χ1) is 17.7. The Hall–Kier alpha value is -4.32. The number of primary amides is 1. The fourth-order valence-electron chi connectivity index (χ4n) is 4.40. The number of ether oxygens (including phenoxy) is 1. The van der Waals surface area contributed by atoms with Crippen molar-refractivity contribution in [1.29, 1.82) is 0 Å². The molecule has 37 heavy (non-hydrogen) atoms. The summed E-state index contributed by atoms with van der Waals surface area (Å²) in [6.45, 7) is 0. The summed E-state index contributed by atoms with van der Waals surface area (Å²) in [6.07, 6.45) is 3.57. The first-order valence-electron chi connectivity index (χ1n) is 11.6. The topological polar surface area (TPSA) is 181 Å². The Labute approximate surface area is 216 Å². The van der Waals surface area contributed by atoms with Crippen molar-refractivity contribution < 1.29 is 29.3 Å². The second kappa shape index (κ2) is 10.7. The Kier molecular flexibility index (Phi) is 7.48. The molecule has 0 bridgehead atoms. The summed E-state index contributed by atoms with van der Waals surface area (Å²) in [6, 6.07) is 8.84. The highest BCUT2D eigenvalue weighted by Crippen LogP contribution is 2.37. The van der Waals surface area contributed by atoms with Crippen LogP contribution in [0.3, 0.4) is 0 Å². The number of aromatic hydroxyl groups is 2. The normalized spacial score (nSPS) is 14.2. The van der Waals surface area contributed by atoms with Gasteiger partial charge >= 0.3 is 0 Å². The molecule has 3 amide bonds. The second-order valence-corrected chi connectivity index (χ2v) is 9.43. The minimum absolute atomic E-state index is 0.0647. The molecule has 11 nitrogen and oxygen atoms in total. The summed E-state index contributed by atoms with van der Waals surface area (Å²) in [5.74, 6) is -2.28. The first-order valence-corrected chi connectivity index (χ1v) is 12.3. The number of rotatable bonds is 8. The van der Waals surface area contributed by atoms with Crippen molar-refractivity contribution in [2.24, 2.45) is 5.73 Å². The molecule has 1 saturated carbocycles. The van der Waals surface area contributed by atoms with E-state index in [4.69, 9.17) is 16.2 Å². The van der Waals surface area contributed by atoms with Gasteiger partial charge in [0.05, 0.1) is 12.8 Å². The number of benzene rings is 2. The number of carbonyl (C=O) groups is 3. The van der Waals surface area contributed by atoms with Crippen molar-refractivity contribution in [2.75, 3.05) is 17.7 Å². The van der Waals surface area contributed by atoms with Crippen molar-refractivity contribution in [2.45, 2.75) is 37.8 Å². The van der Waals surface area contributed by atoms with E-state index in [1.54, 1.807) is 6.07 Å². The second-order valence-electron chi connectivity index (χ2n) is 8.66. The molecule has 3 aromatic rings. The summed E-state index contributed by atoms with van der Waals surface area (Å²) in [4.78, 5) is 40.6. The van der Waals surface area contributed by atoms with Crippen molar-refractivity contribution >= 4 is 40.6 Å². The molecule has 1 heterocycles. The van der Waals surface area contributed by atoms with Crippen LogP contribution in [0.15, 0.2) is 42.5 Å². The van der Waals surface area contributed by atoms with Gasteiger partial charge in [-0.15, -0.1) is 0 Å². The number of nitrogens with two attached hydrogens (primary N) is 2. The summed E-state index contributed by atoms with van der Waals surface area (Å²) in [5.41, 5.74) is 11.5. The molecule has 0 aliphatic heterocycles. The minimum atomic E-state index is -1.26. The predicted molar refractivity (Wildman–Crippen MR) is 138 cm³/mol. The standard InChI is InChI=1S/C25H27N5O6S/c1-36-18-11-13(9-10-17(18)32)21(24(34)28-14-5-2-3-6-14)30(15-7-4-8-16(31)12-15)25(35)22-19(26)20(23(27)33)29-37-22/h4,7-12,14,21,31-32H,2-3,5-6,26H2,1H3,(H2,27,33)(H,28,34)/t21-/m1/s1. The number of nitrogens with zero attached hydrogens (tertiary/aromatic N) is 2. The van der Waals surface area contributed by atoms with E-state index in [9.17, 15) is 24.6 Å². The molecule has 0 saturated heterocycles. The zero-order valence-corrected chi connectivity index (χ0v) is 20.8. The van der Waals surface area contributed by atoms with E-state index < -0.39 is 23.8 Å². The van der Waals surface area contributed by atoms with Gasteiger partial charge in [-0.1, -0.05) is 25.0 Å². The Morgan fingerprint density at radius 3 is 2.51 bits per heavy atom. The number of hydrogen-bond acceptors (Lipinski definition) is 9. The number of aromatic nitrogens is 1. The van der Waals surface area contributed by atoms with Crippen LogP contribution in [-0.2, 0) is 4.79 Å². The van der Waals surface area contributed by atoms with Crippen molar-refractivity contribution in [3.63, 3.8) is 0 Å². The summed E-state index contributed by atoms with van der Waals surface area (Å²) in [7, 11) is 1.37. The van der Waals surface area contributed by atoms with E-state index in [1.807, 2.05) is 0 Å². The molecule has 12 heteroatoms. The molecular formula is C25H27N5O6S. The highest BCUT2D eigenvalue weighted by Gasteiger charge is 2.37. The van der Waals surface area contributed by atoms with Crippen LogP contribution < -0.4 is 26.4 Å². The van der Waals surface area contributed by atoms with E-state index in [0.717, 1.165) is 25.7 Å². The Morgan fingerprint density at radius 2 is 1.89 bits per heavy atom. The van der Waals surface area contributed by atoms with Crippen LogP contribution in [0, 0.1) is 0 Å². The van der Waals surface area contributed by atoms with Gasteiger partial charge in [0.1, 0.15) is 16.7 Å². The highest BCUT2D eigenvalue weighted by atomic mass is 32.1. The van der Waals surface area contributed by atoms with Gasteiger partial charge in [-0.3, -0.25) is 19.3 Å². The molecule has 194 valence electrons. The van der Waals surface area contributed by atoms with Crippen molar-refractivity contribution in [3.05, 3.63) is 58.6 Å². The monoisotopic (exact) mass is 525 g/mol. The van der Waals surface area contributed by atoms with E-state index in [1.165, 1.54) is 48.4 Å². The number of anilines is 2. The minimum Gasteiger partial charge on any atom is -0.508 e. The van der Waals surface area contributed by atoms with E-state index in [2.05, 4.69) is 9.69 Å². The molecule has 7 N–H and O–H groups in total. The number of carbonyl (C=O) groups excluding carboxylic acids is 3. The molecular weight excluding hydrogens is 498 g/mol. The number of nitrogens with one attached hydrogen (secondary N) is 1. The molecule has 0 unspecified atom stereocenters. The van der Waals surface area contributed by atoms with Crippen molar-refractivity contribution in [3.8, 4) is 17.2 Å². The number of amides is 3. The van der Waals surface area contributed by atoms with Crippen LogP contribution >= 0.6 is 11.5 Å². The summed E-state index contributed by atoms with van der Waals surface area (Å²) >= 11 is 0.681. The molecule has 0 spiro atoms. The van der Waals surface area contributed by atoms with Crippen LogP contribution in [0.4, 0.5) is 11.4 Å². The third kappa shape index (κ3) is 5.28. The van der Waals surface area contributed by atoms with Crippen LogP contribution in [0.1, 0.15) is 57.4 Å². The number of hydrogen-bond donors (Lipinski definition) is 5. The van der Waals surface area contributed by atoms with Gasteiger partial charge in [0.25, 0.3) is 11.8 Å². The number of nitrogen functional groups attached to an aromatic ring is 1. The fraction of sp³-hybridized carbons (Fsp3) is 0.280. The van der Waals surface area contributed by atoms with Gasteiger partial charge in [0.2, 0.25) is 5.91 Å². The summed E-state index contributed by atoms with van der Waals surface area (Å²) < 4.78 is 9.16. The molecule has 0 radical (unpaired) electrons. The van der Waals surface area contributed by atoms with E-state index in [0.29, 0.717) is 17.1 Å². The SMILES string of the molecule is COc1cc([C@H](C(=O)NC2CCCC2)N(C(=O)c2snc(C(N)=O)c2N)c2cccc(O)c2)ccc1O. The lowest BCUT2D eigenvalue weighted by molar-refractivity contribution is -0.123. The zero-order valence-electron chi connectivity index (χ0n) is 20.0. The number of phenolic OH excluding ortho intramolecular Hbond substituents is 2. The molecule has 1 aliphatic rings. The van der Waals surface area contributed by atoms with Gasteiger partial charge in [-0.2, -0.15) is 4.37 Å². The quantitative estimate of drug-likeness (QED) is 0.297. The maximum absolute atomic E-state index is 14.0. The molecule has 1 atom stereocenters. The molecule has 1 aromatic heterocycles. The Morgan fingerprint density at radius 1 is 1.16 bits per heavy atom. The number of methoxy groups -OCH3 is 1. The van der Waals surface area contributed by atoms with Crippen LogP contribution in [0.5, 0.6) is 17.2 Å². The maximum atomic E-state index is 14.0. The first kappa shape index (κ1) is 25.8. The Bertz CT molecular complexity index is 1340.